The highest BCUT2D eigenvalue weighted by atomic mass is 32.2. The summed E-state index contributed by atoms with van der Waals surface area (Å²) in [6.07, 6.45) is 0. The summed E-state index contributed by atoms with van der Waals surface area (Å²) in [5, 5.41) is 3.85. The van der Waals surface area contributed by atoms with Crippen molar-refractivity contribution in [2.75, 3.05) is 12.0 Å². The minimum atomic E-state index is -4.45. The van der Waals surface area contributed by atoms with Gasteiger partial charge in [-0.1, -0.05) is 23.9 Å². The van der Waals surface area contributed by atoms with Gasteiger partial charge in [0.1, 0.15) is 11.4 Å². The number of methoxy groups -OCH3 is 1. The maximum atomic E-state index is 12.9. The first kappa shape index (κ1) is 22.4. The lowest BCUT2D eigenvalue weighted by molar-refractivity contribution is -0.114. The van der Waals surface area contributed by atoms with Gasteiger partial charge in [-0.2, -0.15) is 18.2 Å². The van der Waals surface area contributed by atoms with Gasteiger partial charge in [0.05, 0.1) is 24.9 Å². The molecule has 1 aliphatic rings. The van der Waals surface area contributed by atoms with E-state index in [9.17, 15) is 22.8 Å². The van der Waals surface area contributed by atoms with Crippen LogP contribution in [0.15, 0.2) is 70.2 Å². The number of hydrogen-bond donors (Lipinski definition) is 0. The predicted octanol–water partition coefficient (Wildman–Crippen LogP) is 4.84. The van der Waals surface area contributed by atoms with E-state index in [2.05, 4.69) is 16.7 Å². The smallest absolute Gasteiger partial charge is 0.446 e. The van der Waals surface area contributed by atoms with E-state index in [1.807, 2.05) is 0 Å². The number of halogens is 3. The van der Waals surface area contributed by atoms with Gasteiger partial charge in [-0.25, -0.2) is 9.69 Å². The zero-order valence-corrected chi connectivity index (χ0v) is 17.8. The summed E-state index contributed by atoms with van der Waals surface area (Å²) in [6.45, 7) is 3.46. The Morgan fingerprint density at radius 3 is 2.48 bits per heavy atom. The second kappa shape index (κ2) is 8.62. The number of para-hydroxylation sites is 1. The van der Waals surface area contributed by atoms with E-state index in [1.165, 1.54) is 31.4 Å². The molecule has 4 rings (SSSR count). The van der Waals surface area contributed by atoms with Crippen molar-refractivity contribution in [2.24, 2.45) is 0 Å². The average Bonchev–Trinajstić information content (AvgIpc) is 3.32. The molecule has 0 bridgehead atoms. The van der Waals surface area contributed by atoms with Gasteiger partial charge in [-0.05, 0) is 48.2 Å². The first-order valence-corrected chi connectivity index (χ1v) is 10.2. The van der Waals surface area contributed by atoms with Crippen LogP contribution in [0.25, 0.3) is 11.5 Å². The number of imide groups is 1. The second-order valence-corrected chi connectivity index (χ2v) is 7.85. The largest absolute Gasteiger partial charge is 0.496 e. The van der Waals surface area contributed by atoms with Gasteiger partial charge in [-0.3, -0.25) is 9.69 Å². The zero-order valence-electron chi connectivity index (χ0n) is 17.0. The highest BCUT2D eigenvalue weighted by Crippen LogP contribution is 2.38. The van der Waals surface area contributed by atoms with Crippen molar-refractivity contribution < 1.29 is 32.0 Å². The van der Waals surface area contributed by atoms with Gasteiger partial charge in [0.25, 0.3) is 11.8 Å². The molecule has 0 radical (unpaired) electrons. The molecule has 0 unspecified atom stereocenters. The number of amides is 3. The van der Waals surface area contributed by atoms with E-state index in [0.29, 0.717) is 11.3 Å². The Hall–Kier alpha value is -3.80. The third-order valence-corrected chi connectivity index (χ3v) is 5.37. The Labute approximate surface area is 189 Å². The average molecular weight is 476 g/mol. The van der Waals surface area contributed by atoms with Crippen molar-refractivity contribution in [3.8, 4) is 17.2 Å². The fourth-order valence-corrected chi connectivity index (χ4v) is 3.68. The van der Waals surface area contributed by atoms with Gasteiger partial charge >= 0.3 is 11.5 Å². The van der Waals surface area contributed by atoms with Crippen molar-refractivity contribution in [3.63, 3.8) is 0 Å². The molecule has 8 nitrogen and oxygen atoms in total. The number of nitrogens with zero attached hydrogens (tertiary/aromatic N) is 4. The SMILES string of the molecule is C=C1C(=O)N(c2ccc(SC(F)(F)F)cc2)C(=O)N1Cc1noc(-c2ccccc2OC)n1. The number of benzene rings is 2. The van der Waals surface area contributed by atoms with Crippen molar-refractivity contribution in [1.82, 2.24) is 15.0 Å². The Morgan fingerprint density at radius 2 is 1.82 bits per heavy atom. The van der Waals surface area contributed by atoms with Gasteiger partial charge in [0.15, 0.2) is 5.82 Å². The van der Waals surface area contributed by atoms with Crippen LogP contribution in [0.4, 0.5) is 23.7 Å². The summed E-state index contributed by atoms with van der Waals surface area (Å²) in [7, 11) is 1.50. The van der Waals surface area contributed by atoms with Crippen LogP contribution >= 0.6 is 11.8 Å². The van der Waals surface area contributed by atoms with Crippen molar-refractivity contribution in [3.05, 3.63) is 66.6 Å². The van der Waals surface area contributed by atoms with Crippen LogP contribution in [0.1, 0.15) is 5.82 Å². The van der Waals surface area contributed by atoms with E-state index in [0.717, 1.165) is 9.80 Å². The van der Waals surface area contributed by atoms with E-state index >= 15 is 0 Å². The monoisotopic (exact) mass is 476 g/mol. The molecule has 170 valence electrons. The highest BCUT2D eigenvalue weighted by molar-refractivity contribution is 8.00. The third-order valence-electron chi connectivity index (χ3n) is 4.63. The molecule has 0 saturated carbocycles. The number of carbonyl (C=O) groups is 2. The van der Waals surface area contributed by atoms with Gasteiger partial charge in [-0.15, -0.1) is 0 Å². The van der Waals surface area contributed by atoms with Gasteiger partial charge in [0, 0.05) is 4.90 Å². The topological polar surface area (TPSA) is 88.8 Å². The minimum absolute atomic E-state index is 0.0725. The first-order chi connectivity index (χ1) is 15.7. The van der Waals surface area contributed by atoms with Crippen LogP contribution in [0, 0.1) is 0 Å². The number of thioether (sulfide) groups is 1. The number of carbonyl (C=O) groups excluding carboxylic acids is 2. The standard InChI is InChI=1S/C21H15F3N4O4S/c1-12-19(29)28(13-7-9-14(10-8-13)33-21(22,23)24)20(30)27(12)11-17-25-18(32-26-17)15-5-3-4-6-16(15)31-2/h3-10H,1,11H2,2H3. The number of hydrogen-bond acceptors (Lipinski definition) is 7. The summed E-state index contributed by atoms with van der Waals surface area (Å²) >= 11 is -0.293. The molecule has 0 N–H and O–H groups in total. The molecule has 1 aromatic heterocycles. The maximum Gasteiger partial charge on any atom is 0.446 e. The second-order valence-electron chi connectivity index (χ2n) is 6.71. The Kier molecular flexibility index (Phi) is 5.85. The van der Waals surface area contributed by atoms with Crippen LogP contribution in [0.3, 0.4) is 0 Å². The number of alkyl halides is 3. The molecule has 0 atom stereocenters. The lowest BCUT2D eigenvalue weighted by Crippen LogP contribution is -2.32. The predicted molar refractivity (Wildman–Crippen MR) is 112 cm³/mol. The molecular weight excluding hydrogens is 461 g/mol. The molecule has 0 aliphatic carbocycles. The first-order valence-electron chi connectivity index (χ1n) is 9.34. The fourth-order valence-electron chi connectivity index (χ4n) is 3.15. The number of urea groups is 1. The quantitative estimate of drug-likeness (QED) is 0.286. The molecule has 2 aromatic carbocycles. The molecule has 1 saturated heterocycles. The van der Waals surface area contributed by atoms with Gasteiger partial charge in [0.2, 0.25) is 0 Å². The summed E-state index contributed by atoms with van der Waals surface area (Å²) in [6, 6.07) is 11.1. The lowest BCUT2D eigenvalue weighted by Gasteiger charge is -2.16. The normalized spacial score (nSPS) is 14.4. The third kappa shape index (κ3) is 4.55. The van der Waals surface area contributed by atoms with E-state index < -0.39 is 17.4 Å². The molecule has 12 heteroatoms. The van der Waals surface area contributed by atoms with Crippen LogP contribution in [-0.2, 0) is 11.3 Å². The van der Waals surface area contributed by atoms with Crippen molar-refractivity contribution >= 4 is 29.4 Å². The van der Waals surface area contributed by atoms with Crippen LogP contribution < -0.4 is 9.64 Å². The molecule has 3 aromatic rings. The number of ether oxygens (including phenoxy) is 1. The molecule has 1 fully saturated rings. The summed E-state index contributed by atoms with van der Waals surface area (Å²) in [5.74, 6) is 0.102. The number of anilines is 1. The number of aromatic nitrogens is 2. The highest BCUT2D eigenvalue weighted by Gasteiger charge is 2.41. The Morgan fingerprint density at radius 1 is 1.12 bits per heavy atom. The summed E-state index contributed by atoms with van der Waals surface area (Å²) in [5.41, 5.74) is -3.90. The van der Waals surface area contributed by atoms with Gasteiger partial charge < -0.3 is 9.26 Å². The van der Waals surface area contributed by atoms with E-state index in [4.69, 9.17) is 9.26 Å². The van der Waals surface area contributed by atoms with E-state index in [1.54, 1.807) is 24.3 Å². The molecule has 1 aliphatic heterocycles. The minimum Gasteiger partial charge on any atom is -0.496 e. The lowest BCUT2D eigenvalue weighted by atomic mass is 10.2. The van der Waals surface area contributed by atoms with Crippen LogP contribution in [0.5, 0.6) is 5.75 Å². The fraction of sp³-hybridized carbons (Fsp3) is 0.143. The Bertz CT molecular complexity index is 1230. The molecule has 33 heavy (non-hydrogen) atoms. The summed E-state index contributed by atoms with van der Waals surface area (Å²) in [4.78, 5) is 31.6. The molecular formula is C21H15F3N4O4S. The summed E-state index contributed by atoms with van der Waals surface area (Å²) < 4.78 is 48.1. The number of rotatable bonds is 6. The van der Waals surface area contributed by atoms with Crippen molar-refractivity contribution in [2.45, 2.75) is 16.9 Å². The molecule has 0 spiro atoms. The zero-order chi connectivity index (χ0) is 23.8. The van der Waals surface area contributed by atoms with E-state index in [-0.39, 0.29) is 46.3 Å². The molecule has 2 heterocycles. The van der Waals surface area contributed by atoms with Crippen molar-refractivity contribution in [1.29, 1.82) is 0 Å². The van der Waals surface area contributed by atoms with Crippen LogP contribution in [0.2, 0.25) is 0 Å². The Balaban J connectivity index is 1.53. The van der Waals surface area contributed by atoms with Crippen LogP contribution in [-0.4, -0.2) is 39.6 Å². The maximum absolute atomic E-state index is 12.9. The molecule has 3 amide bonds.